The quantitative estimate of drug-likeness (QED) is 0.848. The fourth-order valence-corrected chi connectivity index (χ4v) is 3.07. The molecule has 120 valence electrons. The van der Waals surface area contributed by atoms with Gasteiger partial charge in [-0.2, -0.15) is 0 Å². The Morgan fingerprint density at radius 3 is 3.00 bits per heavy atom. The van der Waals surface area contributed by atoms with Crippen LogP contribution in [-0.2, 0) is 9.53 Å². The average Bonchev–Trinajstić information content (AvgIpc) is 2.95. The van der Waals surface area contributed by atoms with E-state index >= 15 is 0 Å². The Balaban J connectivity index is 1.54. The second-order valence-corrected chi connectivity index (χ2v) is 6.33. The van der Waals surface area contributed by atoms with E-state index in [0.717, 1.165) is 18.7 Å². The third-order valence-corrected chi connectivity index (χ3v) is 4.34. The third kappa shape index (κ3) is 3.72. The number of halogens is 1. The predicted molar refractivity (Wildman–Crippen MR) is 84.3 cm³/mol. The number of rotatable bonds is 3. The fraction of sp³-hybridized carbons (Fsp3) is 0.562. The zero-order valence-electron chi connectivity index (χ0n) is 12.7. The Kier molecular flexibility index (Phi) is 4.86. The van der Waals surface area contributed by atoms with Crippen LogP contribution >= 0.6 is 11.6 Å². The maximum atomic E-state index is 12.5. The molecule has 2 aliphatic heterocycles. The highest BCUT2D eigenvalue weighted by molar-refractivity contribution is 6.30. The van der Waals surface area contributed by atoms with Gasteiger partial charge in [-0.15, -0.1) is 0 Å². The molecule has 0 radical (unpaired) electrons. The van der Waals surface area contributed by atoms with E-state index < -0.39 is 0 Å². The van der Waals surface area contributed by atoms with Gasteiger partial charge in [0, 0.05) is 31.1 Å². The zero-order valence-corrected chi connectivity index (χ0v) is 13.5. The maximum absolute atomic E-state index is 12.5. The largest absolute Gasteiger partial charge is 0.488 e. The van der Waals surface area contributed by atoms with E-state index in [-0.39, 0.29) is 18.1 Å². The van der Waals surface area contributed by atoms with Crippen molar-refractivity contribution in [2.24, 2.45) is 0 Å². The monoisotopic (exact) mass is 324 g/mol. The molecule has 0 spiro atoms. The summed E-state index contributed by atoms with van der Waals surface area (Å²) in [4.78, 5) is 16.5. The van der Waals surface area contributed by atoms with Gasteiger partial charge in [0.1, 0.15) is 18.0 Å². The van der Waals surface area contributed by atoms with E-state index in [4.69, 9.17) is 21.1 Å². The molecule has 1 aromatic rings. The Morgan fingerprint density at radius 2 is 2.23 bits per heavy atom. The van der Waals surface area contributed by atoms with Crippen molar-refractivity contribution in [2.45, 2.75) is 18.6 Å². The Morgan fingerprint density at radius 1 is 1.36 bits per heavy atom. The van der Waals surface area contributed by atoms with Crippen molar-refractivity contribution in [2.75, 3.05) is 39.8 Å². The van der Waals surface area contributed by atoms with E-state index in [0.29, 0.717) is 31.3 Å². The second kappa shape index (κ2) is 6.86. The minimum absolute atomic E-state index is 0.0173. The van der Waals surface area contributed by atoms with E-state index in [1.54, 1.807) is 6.07 Å². The summed E-state index contributed by atoms with van der Waals surface area (Å²) in [6, 6.07) is 7.36. The molecule has 1 amide bonds. The van der Waals surface area contributed by atoms with Crippen molar-refractivity contribution >= 4 is 17.5 Å². The summed E-state index contributed by atoms with van der Waals surface area (Å²) in [6.45, 7) is 3.48. The van der Waals surface area contributed by atoms with Crippen LogP contribution in [0.25, 0.3) is 0 Å². The normalized spacial score (nSPS) is 26.2. The molecule has 2 aliphatic rings. The summed E-state index contributed by atoms with van der Waals surface area (Å²) in [5, 5.41) is 0.655. The molecular weight excluding hydrogens is 304 g/mol. The van der Waals surface area contributed by atoms with Crippen molar-refractivity contribution < 1.29 is 14.3 Å². The Labute approximate surface area is 135 Å². The molecule has 0 bridgehead atoms. The SMILES string of the molecule is CN1CCO[C@H](C(=O)N2CC[C@H](Oc3cccc(Cl)c3)C2)C1. The molecule has 2 saturated heterocycles. The second-order valence-electron chi connectivity index (χ2n) is 5.89. The van der Waals surface area contributed by atoms with Crippen LogP contribution in [0, 0.1) is 0 Å². The van der Waals surface area contributed by atoms with Crippen molar-refractivity contribution in [3.8, 4) is 5.75 Å². The number of carbonyl (C=O) groups is 1. The van der Waals surface area contributed by atoms with Gasteiger partial charge in [0.25, 0.3) is 5.91 Å². The molecule has 2 heterocycles. The highest BCUT2D eigenvalue weighted by Crippen LogP contribution is 2.22. The van der Waals surface area contributed by atoms with Gasteiger partial charge < -0.3 is 19.3 Å². The van der Waals surface area contributed by atoms with Gasteiger partial charge in [0.05, 0.1) is 13.2 Å². The minimum Gasteiger partial charge on any atom is -0.488 e. The number of hydrogen-bond donors (Lipinski definition) is 0. The van der Waals surface area contributed by atoms with Crippen LogP contribution in [0.2, 0.25) is 5.02 Å². The lowest BCUT2D eigenvalue weighted by molar-refractivity contribution is -0.148. The number of ether oxygens (including phenoxy) is 2. The Bertz CT molecular complexity index is 540. The van der Waals surface area contributed by atoms with Gasteiger partial charge in [-0.3, -0.25) is 4.79 Å². The number of amides is 1. The summed E-state index contributed by atoms with van der Waals surface area (Å²) in [5.74, 6) is 0.823. The van der Waals surface area contributed by atoms with Crippen molar-refractivity contribution in [3.05, 3.63) is 29.3 Å². The smallest absolute Gasteiger partial charge is 0.253 e. The number of nitrogens with zero attached hydrogens (tertiary/aromatic N) is 2. The summed E-state index contributed by atoms with van der Waals surface area (Å²) >= 11 is 5.96. The number of hydrogen-bond acceptors (Lipinski definition) is 4. The molecule has 1 aromatic carbocycles. The lowest BCUT2D eigenvalue weighted by atomic mass is 10.2. The number of morpholine rings is 1. The van der Waals surface area contributed by atoms with Crippen LogP contribution < -0.4 is 4.74 Å². The number of likely N-dealkylation sites (N-methyl/N-ethyl adjacent to an activating group) is 1. The van der Waals surface area contributed by atoms with Crippen LogP contribution in [0.4, 0.5) is 0 Å². The third-order valence-electron chi connectivity index (χ3n) is 4.10. The number of benzene rings is 1. The molecule has 0 aromatic heterocycles. The van der Waals surface area contributed by atoms with Crippen molar-refractivity contribution in [3.63, 3.8) is 0 Å². The first kappa shape index (κ1) is 15.6. The van der Waals surface area contributed by atoms with Crippen LogP contribution in [0.1, 0.15) is 6.42 Å². The summed E-state index contributed by atoms with van der Waals surface area (Å²) in [5.41, 5.74) is 0. The predicted octanol–water partition coefficient (Wildman–Crippen LogP) is 1.65. The first-order chi connectivity index (χ1) is 10.6. The highest BCUT2D eigenvalue weighted by Gasteiger charge is 2.34. The van der Waals surface area contributed by atoms with Crippen LogP contribution in [0.3, 0.4) is 0 Å². The van der Waals surface area contributed by atoms with Crippen LogP contribution in [-0.4, -0.2) is 67.7 Å². The first-order valence-corrected chi connectivity index (χ1v) is 8.01. The molecular formula is C16H21ClN2O3. The van der Waals surface area contributed by atoms with Crippen molar-refractivity contribution in [1.82, 2.24) is 9.80 Å². The summed E-state index contributed by atoms with van der Waals surface area (Å²) in [6.07, 6.45) is 0.508. The lowest BCUT2D eigenvalue weighted by Crippen LogP contribution is -2.49. The lowest BCUT2D eigenvalue weighted by Gasteiger charge is -2.31. The van der Waals surface area contributed by atoms with Gasteiger partial charge >= 0.3 is 0 Å². The van der Waals surface area contributed by atoms with Crippen LogP contribution in [0.15, 0.2) is 24.3 Å². The van der Waals surface area contributed by atoms with E-state index in [2.05, 4.69) is 4.90 Å². The number of carbonyl (C=O) groups excluding carboxylic acids is 1. The van der Waals surface area contributed by atoms with E-state index in [1.165, 1.54) is 0 Å². The average molecular weight is 325 g/mol. The highest BCUT2D eigenvalue weighted by atomic mass is 35.5. The molecule has 0 saturated carbocycles. The molecule has 3 rings (SSSR count). The number of likely N-dealkylation sites (tertiary alicyclic amines) is 1. The molecule has 0 unspecified atom stereocenters. The molecule has 6 heteroatoms. The molecule has 2 atom stereocenters. The molecule has 5 nitrogen and oxygen atoms in total. The van der Waals surface area contributed by atoms with Gasteiger partial charge in [-0.25, -0.2) is 0 Å². The topological polar surface area (TPSA) is 42.0 Å². The van der Waals surface area contributed by atoms with E-state index in [9.17, 15) is 4.79 Å². The van der Waals surface area contributed by atoms with Gasteiger partial charge in [-0.1, -0.05) is 17.7 Å². The van der Waals surface area contributed by atoms with Gasteiger partial charge in [0.2, 0.25) is 0 Å². The first-order valence-electron chi connectivity index (χ1n) is 7.63. The molecule has 2 fully saturated rings. The van der Waals surface area contributed by atoms with Gasteiger partial charge in [0.15, 0.2) is 0 Å². The maximum Gasteiger partial charge on any atom is 0.253 e. The van der Waals surface area contributed by atoms with E-state index in [1.807, 2.05) is 30.1 Å². The summed E-state index contributed by atoms with van der Waals surface area (Å²) < 4.78 is 11.5. The summed E-state index contributed by atoms with van der Waals surface area (Å²) in [7, 11) is 2.01. The van der Waals surface area contributed by atoms with Crippen LogP contribution in [0.5, 0.6) is 5.75 Å². The Hall–Kier alpha value is -1.30. The molecule has 0 aliphatic carbocycles. The standard InChI is InChI=1S/C16H21ClN2O3/c1-18-7-8-21-15(11-18)16(20)19-6-5-14(10-19)22-13-4-2-3-12(17)9-13/h2-4,9,14-15H,5-8,10-11H2,1H3/t14-,15-/m0/s1. The van der Waals surface area contributed by atoms with Gasteiger partial charge in [-0.05, 0) is 25.2 Å². The minimum atomic E-state index is -0.344. The van der Waals surface area contributed by atoms with Crippen molar-refractivity contribution in [1.29, 1.82) is 0 Å². The fourth-order valence-electron chi connectivity index (χ4n) is 2.89. The molecule has 22 heavy (non-hydrogen) atoms. The molecule has 0 N–H and O–H groups in total. The zero-order chi connectivity index (χ0) is 15.5.